The molecule has 0 heterocycles. The highest BCUT2D eigenvalue weighted by Gasteiger charge is 2.27. The van der Waals surface area contributed by atoms with Gasteiger partial charge in [-0.2, -0.15) is 0 Å². The molecular formula is C12H18F3N3O. The largest absolute Gasteiger partial charge is 0.397 e. The van der Waals surface area contributed by atoms with Crippen LogP contribution in [0.1, 0.15) is 31.4 Å². The van der Waals surface area contributed by atoms with Crippen molar-refractivity contribution in [1.29, 1.82) is 0 Å². The SMILES string of the molecule is Cc1cc(N)c(N(N)CC(C)(C)O)c(C(F)F)c1F. The van der Waals surface area contributed by atoms with E-state index >= 15 is 0 Å². The van der Waals surface area contributed by atoms with Gasteiger partial charge in [-0.15, -0.1) is 0 Å². The first kappa shape index (κ1) is 15.6. The van der Waals surface area contributed by atoms with Crippen LogP contribution in [-0.2, 0) is 0 Å². The maximum Gasteiger partial charge on any atom is 0.268 e. The van der Waals surface area contributed by atoms with E-state index in [0.717, 1.165) is 5.01 Å². The van der Waals surface area contributed by atoms with Gasteiger partial charge in [-0.05, 0) is 32.4 Å². The molecule has 7 heteroatoms. The summed E-state index contributed by atoms with van der Waals surface area (Å²) in [7, 11) is 0. The molecule has 0 atom stereocenters. The van der Waals surface area contributed by atoms with E-state index in [4.69, 9.17) is 11.6 Å². The van der Waals surface area contributed by atoms with Crippen LogP contribution in [0.4, 0.5) is 24.5 Å². The van der Waals surface area contributed by atoms with Gasteiger partial charge in [0.1, 0.15) is 5.82 Å². The molecule has 108 valence electrons. The summed E-state index contributed by atoms with van der Waals surface area (Å²) < 4.78 is 39.8. The summed E-state index contributed by atoms with van der Waals surface area (Å²) >= 11 is 0. The molecule has 1 aromatic rings. The number of rotatable bonds is 4. The molecular weight excluding hydrogens is 259 g/mol. The minimum atomic E-state index is -3.05. The van der Waals surface area contributed by atoms with Crippen LogP contribution in [0, 0.1) is 12.7 Å². The number of nitrogens with zero attached hydrogens (tertiary/aromatic N) is 1. The van der Waals surface area contributed by atoms with Crippen LogP contribution < -0.4 is 16.6 Å². The number of halogens is 3. The summed E-state index contributed by atoms with van der Waals surface area (Å²) in [6.45, 7) is 4.09. The van der Waals surface area contributed by atoms with Crippen molar-refractivity contribution in [3.63, 3.8) is 0 Å². The van der Waals surface area contributed by atoms with Crippen LogP contribution in [0.5, 0.6) is 0 Å². The lowest BCUT2D eigenvalue weighted by atomic mass is 10.0. The second kappa shape index (κ2) is 5.26. The number of hydrogen-bond donors (Lipinski definition) is 3. The van der Waals surface area contributed by atoms with Crippen molar-refractivity contribution >= 4 is 11.4 Å². The number of benzene rings is 1. The molecule has 5 N–H and O–H groups in total. The summed E-state index contributed by atoms with van der Waals surface area (Å²) in [5.74, 6) is 4.60. The molecule has 0 saturated heterocycles. The molecule has 19 heavy (non-hydrogen) atoms. The van der Waals surface area contributed by atoms with Gasteiger partial charge in [-0.1, -0.05) is 0 Å². The quantitative estimate of drug-likeness (QED) is 0.447. The topological polar surface area (TPSA) is 75.5 Å². The molecule has 0 bridgehead atoms. The van der Waals surface area contributed by atoms with Crippen molar-refractivity contribution in [2.75, 3.05) is 17.3 Å². The van der Waals surface area contributed by atoms with Gasteiger partial charge in [0.05, 0.1) is 29.1 Å². The Bertz CT molecular complexity index is 472. The van der Waals surface area contributed by atoms with Gasteiger partial charge in [0, 0.05) is 0 Å². The summed E-state index contributed by atoms with van der Waals surface area (Å²) in [5, 5.41) is 10.5. The lowest BCUT2D eigenvalue weighted by Crippen LogP contribution is -2.44. The van der Waals surface area contributed by atoms with Crippen LogP contribution in [-0.4, -0.2) is 17.3 Å². The second-order valence-electron chi connectivity index (χ2n) is 5.10. The van der Waals surface area contributed by atoms with Crippen molar-refractivity contribution in [2.24, 2.45) is 5.84 Å². The number of alkyl halides is 2. The van der Waals surface area contributed by atoms with Gasteiger partial charge in [-0.3, -0.25) is 0 Å². The minimum Gasteiger partial charge on any atom is -0.397 e. The fraction of sp³-hybridized carbons (Fsp3) is 0.500. The second-order valence-corrected chi connectivity index (χ2v) is 5.10. The average molecular weight is 277 g/mol. The van der Waals surface area contributed by atoms with Crippen molar-refractivity contribution in [1.82, 2.24) is 0 Å². The first-order valence-corrected chi connectivity index (χ1v) is 5.66. The van der Waals surface area contributed by atoms with Gasteiger partial charge >= 0.3 is 0 Å². The van der Waals surface area contributed by atoms with E-state index in [2.05, 4.69) is 0 Å². The van der Waals surface area contributed by atoms with E-state index in [1.807, 2.05) is 0 Å². The molecule has 0 aliphatic rings. The van der Waals surface area contributed by atoms with Crippen LogP contribution in [0.3, 0.4) is 0 Å². The van der Waals surface area contributed by atoms with Crippen LogP contribution >= 0.6 is 0 Å². The number of aliphatic hydroxyl groups is 1. The fourth-order valence-corrected chi connectivity index (χ4v) is 1.85. The number of nitrogens with two attached hydrogens (primary N) is 2. The van der Waals surface area contributed by atoms with Gasteiger partial charge in [0.15, 0.2) is 0 Å². The maximum atomic E-state index is 13.8. The zero-order chi connectivity index (χ0) is 15.0. The molecule has 0 aromatic heterocycles. The Labute approximate surface area is 109 Å². The van der Waals surface area contributed by atoms with E-state index in [1.54, 1.807) is 0 Å². The van der Waals surface area contributed by atoms with Gasteiger partial charge in [0.2, 0.25) is 0 Å². The van der Waals surface area contributed by atoms with E-state index in [-0.39, 0.29) is 23.5 Å². The maximum absolute atomic E-state index is 13.8. The van der Waals surface area contributed by atoms with Crippen molar-refractivity contribution in [3.8, 4) is 0 Å². The van der Waals surface area contributed by atoms with E-state index in [9.17, 15) is 18.3 Å². The Morgan fingerprint density at radius 3 is 2.37 bits per heavy atom. The Morgan fingerprint density at radius 2 is 1.95 bits per heavy atom. The molecule has 0 amide bonds. The minimum absolute atomic E-state index is 0.0215. The number of anilines is 2. The number of aryl methyl sites for hydroxylation is 1. The number of hydrogen-bond acceptors (Lipinski definition) is 4. The van der Waals surface area contributed by atoms with Gasteiger partial charge < -0.3 is 15.8 Å². The summed E-state index contributed by atoms with van der Waals surface area (Å²) in [4.78, 5) is 0. The van der Waals surface area contributed by atoms with E-state index < -0.39 is 23.4 Å². The molecule has 0 spiro atoms. The normalized spacial score (nSPS) is 12.1. The molecule has 0 radical (unpaired) electrons. The van der Waals surface area contributed by atoms with Crippen molar-refractivity contribution < 1.29 is 18.3 Å². The summed E-state index contributed by atoms with van der Waals surface area (Å²) in [6, 6.07) is 1.24. The first-order chi connectivity index (χ1) is 8.54. The van der Waals surface area contributed by atoms with Gasteiger partial charge in [0.25, 0.3) is 6.43 Å². The molecule has 0 unspecified atom stereocenters. The lowest BCUT2D eigenvalue weighted by Gasteiger charge is -2.29. The predicted octanol–water partition coefficient (Wildman–Crippen LogP) is 2.10. The molecule has 1 aromatic carbocycles. The highest BCUT2D eigenvalue weighted by molar-refractivity contribution is 5.73. The highest BCUT2D eigenvalue weighted by Crippen LogP contribution is 2.37. The summed E-state index contributed by atoms with van der Waals surface area (Å²) in [5.41, 5.74) is 3.24. The van der Waals surface area contributed by atoms with Gasteiger partial charge in [-0.25, -0.2) is 19.0 Å². The predicted molar refractivity (Wildman–Crippen MR) is 68.3 cm³/mol. The lowest BCUT2D eigenvalue weighted by molar-refractivity contribution is 0.0868. The Hall–Kier alpha value is -1.47. The molecule has 0 saturated carbocycles. The van der Waals surface area contributed by atoms with Crippen molar-refractivity contribution in [2.45, 2.75) is 32.8 Å². The van der Waals surface area contributed by atoms with Crippen LogP contribution in [0.25, 0.3) is 0 Å². The number of hydrazine groups is 1. The van der Waals surface area contributed by atoms with E-state index in [1.165, 1.54) is 26.8 Å². The number of nitrogen functional groups attached to an aromatic ring is 1. The van der Waals surface area contributed by atoms with Crippen molar-refractivity contribution in [3.05, 3.63) is 23.0 Å². The van der Waals surface area contributed by atoms with Crippen LogP contribution in [0.2, 0.25) is 0 Å². The molecule has 0 fully saturated rings. The third kappa shape index (κ3) is 3.51. The Kier molecular flexibility index (Phi) is 4.32. The molecule has 0 aliphatic carbocycles. The molecule has 1 rings (SSSR count). The zero-order valence-corrected chi connectivity index (χ0v) is 11.0. The average Bonchev–Trinajstić information content (AvgIpc) is 2.19. The standard InChI is InChI=1S/C12H18F3N3O/c1-6-4-7(16)10(8(9(6)13)11(14)15)18(17)5-12(2,3)19/h4,11,19H,5,16-17H2,1-3H3. The highest BCUT2D eigenvalue weighted by atomic mass is 19.3. The monoisotopic (exact) mass is 277 g/mol. The summed E-state index contributed by atoms with van der Waals surface area (Å²) in [6.07, 6.45) is -3.05. The first-order valence-electron chi connectivity index (χ1n) is 5.66. The molecule has 4 nitrogen and oxygen atoms in total. The Balaban J connectivity index is 3.37. The third-order valence-corrected chi connectivity index (χ3v) is 2.55. The zero-order valence-electron chi connectivity index (χ0n) is 11.0. The fourth-order valence-electron chi connectivity index (χ4n) is 1.85. The Morgan fingerprint density at radius 1 is 1.42 bits per heavy atom. The van der Waals surface area contributed by atoms with Crippen LogP contribution in [0.15, 0.2) is 6.07 Å². The van der Waals surface area contributed by atoms with E-state index in [0.29, 0.717) is 0 Å². The smallest absolute Gasteiger partial charge is 0.268 e. The molecule has 0 aliphatic heterocycles. The third-order valence-electron chi connectivity index (χ3n) is 2.55.